The van der Waals surface area contributed by atoms with E-state index in [1.54, 1.807) is 60.3 Å². The number of aliphatic hydroxyl groups excluding tert-OH is 2. The number of hydrogen-bond acceptors (Lipinski definition) is 19. The number of carbonyl (C=O) groups excluding carboxylic acids is 2. The highest BCUT2D eigenvalue weighted by molar-refractivity contribution is 6.08. The standard InChI is InChI=1S/C48H55N15O9/c1-28(64)21-32-25-62(56-55-32)27-41(68)58-13-17-60(18-14-58)47-51-46(52-48(53-47)61-19-15-59(16-20-61)44(69)43(29(2)65)63-26-31(54-57-63)5-3-4-12-49)50-30-6-9-35(38(22-30)45(70)71)42-36-10-7-33(66)23-39(36)72-40-24-34(67)8-11-37(40)42/h6-11,22-26,28-29,43,64-66H,3-5,12-21,27,49H2,1-2H3,(H,70,71)(H,50,51,52,53)/t28?,29-,43+/m1/s1. The van der Waals surface area contributed by atoms with E-state index in [0.717, 1.165) is 12.8 Å². The average molecular weight is 986 g/mol. The number of phenolic OH excluding ortho intramolecular Hbond substituents is 1. The van der Waals surface area contributed by atoms with Crippen LogP contribution >= 0.6 is 0 Å². The lowest BCUT2D eigenvalue weighted by molar-refractivity contribution is -0.138. The predicted octanol–water partition coefficient (Wildman–Crippen LogP) is 1.90. The molecule has 6 heterocycles. The van der Waals surface area contributed by atoms with Crippen molar-refractivity contribution >= 4 is 52.3 Å². The van der Waals surface area contributed by atoms with E-state index in [-0.39, 0.29) is 65.5 Å². The Morgan fingerprint density at radius 2 is 1.49 bits per heavy atom. The number of fused-ring (bicyclic) bond motifs is 2. The minimum Gasteiger partial charge on any atom is -0.508 e. The Hall–Kier alpha value is -8.09. The molecule has 3 aliphatic heterocycles. The first-order valence-corrected chi connectivity index (χ1v) is 23.7. The molecule has 0 bridgehead atoms. The number of nitrogens with one attached hydrogen (secondary N) is 1. The molecular weight excluding hydrogens is 931 g/mol. The number of carboxylic acids is 1. The summed E-state index contributed by atoms with van der Waals surface area (Å²) in [6.45, 7) is 6.35. The zero-order valence-electron chi connectivity index (χ0n) is 39.7. The topological polar surface area (TPSA) is 313 Å². The van der Waals surface area contributed by atoms with Crippen molar-refractivity contribution in [3.63, 3.8) is 0 Å². The van der Waals surface area contributed by atoms with E-state index >= 15 is 0 Å². The van der Waals surface area contributed by atoms with Crippen LogP contribution in [0, 0.1) is 0 Å². The lowest BCUT2D eigenvalue weighted by atomic mass is 9.90. The molecule has 72 heavy (non-hydrogen) atoms. The van der Waals surface area contributed by atoms with E-state index in [2.05, 4.69) is 25.9 Å². The minimum atomic E-state index is -1.24. The molecule has 3 aromatic heterocycles. The number of anilines is 4. The maximum atomic E-state index is 14.0. The van der Waals surface area contributed by atoms with Crippen molar-refractivity contribution in [2.45, 2.75) is 64.3 Å². The molecule has 3 atom stereocenters. The Morgan fingerprint density at radius 3 is 2.17 bits per heavy atom. The summed E-state index contributed by atoms with van der Waals surface area (Å²) >= 11 is 0. The fourth-order valence-corrected chi connectivity index (χ4v) is 9.06. The summed E-state index contributed by atoms with van der Waals surface area (Å²) in [5.41, 5.74) is 8.44. The number of aromatic nitrogens is 9. The molecule has 376 valence electrons. The number of aromatic carboxylic acids is 1. The molecule has 1 aliphatic carbocycles. The first-order valence-electron chi connectivity index (χ1n) is 23.7. The highest BCUT2D eigenvalue weighted by Gasteiger charge is 2.34. The molecule has 0 radical (unpaired) electrons. The van der Waals surface area contributed by atoms with Crippen molar-refractivity contribution in [3.8, 4) is 28.2 Å². The zero-order valence-corrected chi connectivity index (χ0v) is 39.7. The molecule has 24 heteroatoms. The Bertz CT molecular complexity index is 3120. The average Bonchev–Trinajstić information content (AvgIpc) is 4.01. The number of piperazine rings is 2. The Morgan fingerprint density at radius 1 is 0.792 bits per heavy atom. The van der Waals surface area contributed by atoms with Gasteiger partial charge in [-0.1, -0.05) is 16.5 Å². The normalized spacial score (nSPS) is 15.5. The van der Waals surface area contributed by atoms with Crippen LogP contribution in [0.1, 0.15) is 54.5 Å². The third-order valence-electron chi connectivity index (χ3n) is 12.7. The van der Waals surface area contributed by atoms with Gasteiger partial charge in [-0.05, 0) is 81.6 Å². The van der Waals surface area contributed by atoms with Crippen LogP contribution in [0.3, 0.4) is 0 Å². The van der Waals surface area contributed by atoms with Gasteiger partial charge in [0.25, 0.3) is 0 Å². The number of rotatable bonds is 17. The number of phenols is 1. The second kappa shape index (κ2) is 21.1. The number of benzene rings is 3. The fraction of sp³-hybridized carbons (Fsp3) is 0.396. The third-order valence-corrected chi connectivity index (χ3v) is 12.7. The second-order valence-electron chi connectivity index (χ2n) is 18.0. The van der Waals surface area contributed by atoms with Crippen LogP contribution < -0.4 is 26.3 Å². The van der Waals surface area contributed by atoms with E-state index in [1.807, 2.05) is 9.80 Å². The molecule has 9 rings (SSSR count). The van der Waals surface area contributed by atoms with Crippen molar-refractivity contribution in [3.05, 3.63) is 94.2 Å². The monoisotopic (exact) mass is 985 g/mol. The summed E-state index contributed by atoms with van der Waals surface area (Å²) in [6.07, 6.45) is 4.30. The summed E-state index contributed by atoms with van der Waals surface area (Å²) in [4.78, 5) is 74.6. The van der Waals surface area contributed by atoms with Crippen LogP contribution in [0.5, 0.6) is 5.75 Å². The maximum Gasteiger partial charge on any atom is 0.336 e. The molecule has 2 fully saturated rings. The van der Waals surface area contributed by atoms with Crippen molar-refractivity contribution in [1.29, 1.82) is 0 Å². The van der Waals surface area contributed by atoms with E-state index in [1.165, 1.54) is 39.7 Å². The summed E-state index contributed by atoms with van der Waals surface area (Å²) in [7, 11) is 0. The van der Waals surface area contributed by atoms with Crippen LogP contribution in [0.2, 0.25) is 0 Å². The van der Waals surface area contributed by atoms with Gasteiger partial charge in [0.1, 0.15) is 23.6 Å². The minimum absolute atomic E-state index is 0.0217. The van der Waals surface area contributed by atoms with Crippen LogP contribution in [0.15, 0.2) is 76.2 Å². The number of carboxylic acid groups (broad SMARTS) is 1. The van der Waals surface area contributed by atoms with Crippen molar-refractivity contribution in [1.82, 2.24) is 54.7 Å². The van der Waals surface area contributed by atoms with Gasteiger partial charge in [0.2, 0.25) is 29.7 Å². The number of nitrogens with two attached hydrogens (primary N) is 1. The molecular formula is C48H55N15O9. The lowest BCUT2D eigenvalue weighted by Crippen LogP contribution is -2.52. The quantitative estimate of drug-likeness (QED) is 0.0561. The van der Waals surface area contributed by atoms with Gasteiger partial charge in [0.05, 0.1) is 29.2 Å². The summed E-state index contributed by atoms with van der Waals surface area (Å²) < 4.78 is 8.87. The van der Waals surface area contributed by atoms with E-state index in [0.29, 0.717) is 110 Å². The van der Waals surface area contributed by atoms with Crippen LogP contribution in [0.25, 0.3) is 33.4 Å². The molecule has 0 spiro atoms. The predicted molar refractivity (Wildman–Crippen MR) is 262 cm³/mol. The van der Waals surface area contributed by atoms with E-state index in [9.17, 15) is 39.6 Å². The fourth-order valence-electron chi connectivity index (χ4n) is 9.06. The highest BCUT2D eigenvalue weighted by atomic mass is 16.4. The Balaban J connectivity index is 0.982. The van der Waals surface area contributed by atoms with Crippen LogP contribution in [-0.2, 0) is 29.0 Å². The highest BCUT2D eigenvalue weighted by Crippen LogP contribution is 2.42. The number of unbranched alkanes of at least 4 members (excludes halogenated alkanes) is 1. The third kappa shape index (κ3) is 10.8. The number of nitrogens with zero attached hydrogens (tertiary/aromatic N) is 13. The van der Waals surface area contributed by atoms with Gasteiger partial charge in [-0.2, -0.15) is 15.0 Å². The van der Waals surface area contributed by atoms with Crippen molar-refractivity contribution < 1.29 is 39.2 Å². The van der Waals surface area contributed by atoms with Crippen molar-refractivity contribution in [2.24, 2.45) is 5.73 Å². The SMILES string of the molecule is CC(O)Cc1cn(CC(=O)N2CCN(c3nc(Nc4ccc(-c5c6ccc(=O)cc-6oc6cc(O)ccc56)c(C(=O)O)c4)nc(N4CCN(C(=O)[C@H]([C@@H](C)O)n5cc(CCCCN)nn5)CC4)n3)CC2)nn1. The molecule has 2 saturated heterocycles. The van der Waals surface area contributed by atoms with Crippen LogP contribution in [0.4, 0.5) is 23.5 Å². The summed E-state index contributed by atoms with van der Waals surface area (Å²) in [5, 5.41) is 61.7. The number of hydrogen-bond donors (Lipinski definition) is 6. The molecule has 0 saturated carbocycles. The largest absolute Gasteiger partial charge is 0.508 e. The number of amides is 2. The van der Waals surface area contributed by atoms with Gasteiger partial charge < -0.3 is 55.5 Å². The van der Waals surface area contributed by atoms with Gasteiger partial charge in [-0.25, -0.2) is 14.2 Å². The Kier molecular flexibility index (Phi) is 14.3. The molecule has 1 unspecified atom stereocenters. The van der Waals surface area contributed by atoms with E-state index < -0.39 is 24.2 Å². The molecule has 2 amide bonds. The summed E-state index contributed by atoms with van der Waals surface area (Å²) in [6, 6.07) is 12.6. The molecule has 5 aromatic rings. The Labute approximate surface area is 411 Å². The molecule has 2 aromatic carbocycles. The zero-order chi connectivity index (χ0) is 50.6. The molecule has 4 aliphatic rings. The van der Waals surface area contributed by atoms with Gasteiger partial charge >= 0.3 is 5.97 Å². The van der Waals surface area contributed by atoms with E-state index in [4.69, 9.17) is 25.1 Å². The van der Waals surface area contributed by atoms with Gasteiger partial charge in [0, 0.05) is 106 Å². The van der Waals surface area contributed by atoms with Gasteiger partial charge in [0.15, 0.2) is 11.5 Å². The number of aromatic hydroxyl groups is 1. The first-order chi connectivity index (χ1) is 34.7. The smallest absolute Gasteiger partial charge is 0.336 e. The number of carbonyl (C=O) groups is 3. The first kappa shape index (κ1) is 48.9. The number of aryl methyl sites for hydroxylation is 1. The number of aliphatic hydroxyl groups is 2. The molecule has 7 N–H and O–H groups in total. The molecule has 24 nitrogen and oxygen atoms in total. The maximum absolute atomic E-state index is 14.0. The summed E-state index contributed by atoms with van der Waals surface area (Å²) in [5.74, 6) is -0.861. The second-order valence-corrected chi connectivity index (χ2v) is 18.0. The lowest BCUT2D eigenvalue weighted by Gasteiger charge is -2.37. The van der Waals surface area contributed by atoms with Crippen molar-refractivity contribution in [2.75, 3.05) is 74.0 Å². The van der Waals surface area contributed by atoms with Gasteiger partial charge in [-0.15, -0.1) is 10.2 Å². The van der Waals surface area contributed by atoms with Gasteiger partial charge in [-0.3, -0.25) is 14.4 Å². The van der Waals surface area contributed by atoms with Crippen LogP contribution in [-0.4, -0.2) is 164 Å².